The van der Waals surface area contributed by atoms with Crippen LogP contribution in [0.2, 0.25) is 0 Å². The lowest BCUT2D eigenvalue weighted by Gasteiger charge is -2.55. The number of fused-ring (bicyclic) bond motifs is 2. The third kappa shape index (κ3) is 4.70. The number of piperidine rings is 2. The monoisotopic (exact) mass is 444 g/mol. The topological polar surface area (TPSA) is 64.2 Å². The Bertz CT molecular complexity index is 860. The molecule has 2 atom stereocenters. The van der Waals surface area contributed by atoms with Crippen molar-refractivity contribution in [3.05, 3.63) is 34.0 Å². The first kappa shape index (κ1) is 22.0. The highest BCUT2D eigenvalue weighted by atomic mass is 32.1. The van der Waals surface area contributed by atoms with Gasteiger partial charge in [-0.25, -0.2) is 0 Å². The number of hydrogen-bond donors (Lipinski definition) is 0. The SMILES string of the molecule is CC(=O)N1CCC(c2ccc(C(=O)N3CC4CC(C3)N4C(=O)/C=C/CN(C)C)s2)CC1. The number of thiophene rings is 1. The van der Waals surface area contributed by atoms with Gasteiger partial charge in [-0.2, -0.15) is 0 Å². The summed E-state index contributed by atoms with van der Waals surface area (Å²) in [6, 6.07) is 4.30. The van der Waals surface area contributed by atoms with Crippen LogP contribution in [-0.2, 0) is 9.59 Å². The Morgan fingerprint density at radius 1 is 1.10 bits per heavy atom. The summed E-state index contributed by atoms with van der Waals surface area (Å²) >= 11 is 1.60. The van der Waals surface area contributed by atoms with E-state index in [-0.39, 0.29) is 29.8 Å². The van der Waals surface area contributed by atoms with Crippen LogP contribution in [0.3, 0.4) is 0 Å². The average molecular weight is 445 g/mol. The molecule has 0 aromatic carbocycles. The second-order valence-corrected chi connectivity index (χ2v) is 10.3. The summed E-state index contributed by atoms with van der Waals surface area (Å²) in [4.78, 5) is 46.9. The van der Waals surface area contributed by atoms with Gasteiger partial charge in [0.05, 0.1) is 17.0 Å². The second kappa shape index (κ2) is 9.12. The molecular weight excluding hydrogens is 412 g/mol. The van der Waals surface area contributed by atoms with E-state index in [2.05, 4.69) is 6.07 Å². The van der Waals surface area contributed by atoms with Crippen LogP contribution in [0.25, 0.3) is 0 Å². The van der Waals surface area contributed by atoms with Gasteiger partial charge in [0, 0.05) is 50.6 Å². The van der Waals surface area contributed by atoms with Crippen molar-refractivity contribution in [3.8, 4) is 0 Å². The molecule has 0 saturated carbocycles. The predicted octanol–water partition coefficient (Wildman–Crippen LogP) is 2.02. The summed E-state index contributed by atoms with van der Waals surface area (Å²) in [5.41, 5.74) is 0. The zero-order valence-corrected chi connectivity index (χ0v) is 19.4. The van der Waals surface area contributed by atoms with Crippen molar-refractivity contribution in [2.24, 2.45) is 0 Å². The molecule has 4 aliphatic rings. The van der Waals surface area contributed by atoms with Crippen LogP contribution in [0.5, 0.6) is 0 Å². The zero-order valence-electron chi connectivity index (χ0n) is 18.6. The first-order chi connectivity index (χ1) is 14.8. The van der Waals surface area contributed by atoms with Crippen LogP contribution in [0.4, 0.5) is 0 Å². The van der Waals surface area contributed by atoms with Crippen molar-refractivity contribution < 1.29 is 14.4 Å². The Hall–Kier alpha value is -2.19. The first-order valence-corrected chi connectivity index (χ1v) is 11.9. The Morgan fingerprint density at radius 2 is 1.77 bits per heavy atom. The number of likely N-dealkylation sites (N-methyl/N-ethyl adjacent to an activating group) is 1. The van der Waals surface area contributed by atoms with Gasteiger partial charge >= 0.3 is 0 Å². The van der Waals surface area contributed by atoms with Crippen molar-refractivity contribution in [1.82, 2.24) is 19.6 Å². The van der Waals surface area contributed by atoms with E-state index in [0.717, 1.165) is 43.8 Å². The summed E-state index contributed by atoms with van der Waals surface area (Å²) in [5.74, 6) is 0.719. The van der Waals surface area contributed by atoms with Crippen LogP contribution in [0.1, 0.15) is 46.7 Å². The quantitative estimate of drug-likeness (QED) is 0.652. The fraction of sp³-hybridized carbons (Fsp3) is 0.609. The average Bonchev–Trinajstić information content (AvgIpc) is 3.23. The largest absolute Gasteiger partial charge is 0.343 e. The minimum absolute atomic E-state index is 0.0607. The van der Waals surface area contributed by atoms with Crippen molar-refractivity contribution in [2.75, 3.05) is 46.8 Å². The Kier molecular flexibility index (Phi) is 6.48. The smallest absolute Gasteiger partial charge is 0.264 e. The van der Waals surface area contributed by atoms with Crippen LogP contribution in [0, 0.1) is 0 Å². The fourth-order valence-electron chi connectivity index (χ4n) is 4.91. The molecule has 0 radical (unpaired) electrons. The minimum atomic E-state index is 0.0607. The molecule has 0 aliphatic carbocycles. The molecule has 168 valence electrons. The summed E-state index contributed by atoms with van der Waals surface area (Å²) in [6.07, 6.45) is 6.47. The van der Waals surface area contributed by atoms with Gasteiger partial charge in [-0.05, 0) is 51.4 Å². The summed E-state index contributed by atoms with van der Waals surface area (Å²) in [6.45, 7) is 5.20. The minimum Gasteiger partial charge on any atom is -0.343 e. The standard InChI is InChI=1S/C23H32N4O3S/c1-16(28)25-11-8-17(9-12-25)20-6-7-21(31-20)23(30)26-14-18-13-19(15-26)27(18)22(29)5-4-10-24(2)3/h4-7,17-19H,8-15H2,1-3H3/b5-4+. The Balaban J connectivity index is 1.31. The van der Waals surface area contributed by atoms with Gasteiger partial charge < -0.3 is 19.6 Å². The number of carbonyl (C=O) groups is 3. The molecule has 1 aromatic heterocycles. The van der Waals surface area contributed by atoms with Gasteiger partial charge in [-0.3, -0.25) is 14.4 Å². The molecule has 4 aliphatic heterocycles. The van der Waals surface area contributed by atoms with Crippen LogP contribution in [-0.4, -0.2) is 96.2 Å². The van der Waals surface area contributed by atoms with E-state index in [9.17, 15) is 14.4 Å². The Morgan fingerprint density at radius 3 is 2.39 bits per heavy atom. The first-order valence-electron chi connectivity index (χ1n) is 11.1. The second-order valence-electron chi connectivity index (χ2n) is 9.15. The van der Waals surface area contributed by atoms with Crippen LogP contribution < -0.4 is 0 Å². The van der Waals surface area contributed by atoms with Crippen molar-refractivity contribution in [2.45, 2.75) is 44.2 Å². The molecule has 5 rings (SSSR count). The third-order valence-electron chi connectivity index (χ3n) is 6.65. The number of likely N-dealkylation sites (tertiary alicyclic amines) is 1. The van der Waals surface area contributed by atoms with Crippen molar-refractivity contribution >= 4 is 29.1 Å². The maximum Gasteiger partial charge on any atom is 0.264 e. The lowest BCUT2D eigenvalue weighted by atomic mass is 9.87. The highest BCUT2D eigenvalue weighted by Gasteiger charge is 2.47. The predicted molar refractivity (Wildman–Crippen MR) is 121 cm³/mol. The molecule has 0 spiro atoms. The number of carbonyl (C=O) groups excluding carboxylic acids is 3. The molecular formula is C23H32N4O3S. The molecule has 4 fully saturated rings. The van der Waals surface area contributed by atoms with Crippen LogP contribution >= 0.6 is 11.3 Å². The molecule has 2 bridgehead atoms. The van der Waals surface area contributed by atoms with Crippen molar-refractivity contribution in [3.63, 3.8) is 0 Å². The van der Waals surface area contributed by atoms with E-state index >= 15 is 0 Å². The summed E-state index contributed by atoms with van der Waals surface area (Å²) in [5, 5.41) is 0. The molecule has 8 heteroatoms. The molecule has 7 nitrogen and oxygen atoms in total. The molecule has 4 saturated heterocycles. The molecule has 0 N–H and O–H groups in total. The van der Waals surface area contributed by atoms with Gasteiger partial charge in [-0.15, -0.1) is 11.3 Å². The zero-order chi connectivity index (χ0) is 22.1. The molecule has 3 amide bonds. The normalized spacial score (nSPS) is 24.1. The Labute approximate surface area is 188 Å². The molecule has 2 unspecified atom stereocenters. The summed E-state index contributed by atoms with van der Waals surface area (Å²) in [7, 11) is 3.95. The summed E-state index contributed by atoms with van der Waals surface area (Å²) < 4.78 is 0. The van der Waals surface area contributed by atoms with Gasteiger partial charge in [0.15, 0.2) is 0 Å². The lowest BCUT2D eigenvalue weighted by Crippen LogP contribution is -2.70. The van der Waals surface area contributed by atoms with E-state index in [0.29, 0.717) is 19.0 Å². The van der Waals surface area contributed by atoms with Gasteiger partial charge in [0.25, 0.3) is 5.91 Å². The van der Waals surface area contributed by atoms with E-state index < -0.39 is 0 Å². The fourth-order valence-corrected chi connectivity index (χ4v) is 6.05. The van der Waals surface area contributed by atoms with E-state index in [1.807, 2.05) is 45.8 Å². The van der Waals surface area contributed by atoms with E-state index in [4.69, 9.17) is 0 Å². The number of amides is 3. The number of nitrogens with zero attached hydrogens (tertiary/aromatic N) is 4. The number of rotatable bonds is 5. The maximum atomic E-state index is 13.1. The van der Waals surface area contributed by atoms with Gasteiger partial charge in [-0.1, -0.05) is 6.08 Å². The highest BCUT2D eigenvalue weighted by molar-refractivity contribution is 7.14. The van der Waals surface area contributed by atoms with Gasteiger partial charge in [0.1, 0.15) is 0 Å². The van der Waals surface area contributed by atoms with Gasteiger partial charge in [0.2, 0.25) is 11.8 Å². The maximum absolute atomic E-state index is 13.1. The molecule has 5 heterocycles. The lowest BCUT2D eigenvalue weighted by molar-refractivity contribution is -0.146. The third-order valence-corrected chi connectivity index (χ3v) is 7.88. The number of piperazine rings is 1. The van der Waals surface area contributed by atoms with E-state index in [1.54, 1.807) is 24.3 Å². The van der Waals surface area contributed by atoms with Crippen molar-refractivity contribution in [1.29, 1.82) is 0 Å². The van der Waals surface area contributed by atoms with Crippen LogP contribution in [0.15, 0.2) is 24.3 Å². The number of hydrogen-bond acceptors (Lipinski definition) is 5. The van der Waals surface area contributed by atoms with E-state index in [1.165, 1.54) is 4.88 Å². The molecule has 1 aromatic rings. The highest BCUT2D eigenvalue weighted by Crippen LogP contribution is 2.36. The molecule has 31 heavy (non-hydrogen) atoms.